The van der Waals surface area contributed by atoms with Crippen LogP contribution in [-0.2, 0) is 4.79 Å². The Morgan fingerprint density at radius 2 is 1.81 bits per heavy atom. The Balaban J connectivity index is 1.75. The monoisotopic (exact) mass is 662 g/mol. The maximum Gasteiger partial charge on any atom is 0.355 e. The van der Waals surface area contributed by atoms with Gasteiger partial charge in [0.15, 0.2) is 11.4 Å². The number of nitrogens with zero attached hydrogens (tertiary/aromatic N) is 8. The van der Waals surface area contributed by atoms with E-state index in [1.54, 1.807) is 9.80 Å². The summed E-state index contributed by atoms with van der Waals surface area (Å²) in [7, 11) is 3.69. The molecule has 0 saturated carbocycles. The molecule has 0 spiro atoms. The fourth-order valence-corrected chi connectivity index (χ4v) is 6.42. The number of phenols is 1. The molecule has 3 aromatic heterocycles. The van der Waals surface area contributed by atoms with Crippen molar-refractivity contribution in [3.63, 3.8) is 0 Å². The van der Waals surface area contributed by atoms with Gasteiger partial charge in [0.2, 0.25) is 11.9 Å². The molecule has 4 aromatic rings. The second-order valence-corrected chi connectivity index (χ2v) is 12.9. The average molecular weight is 663 g/mol. The van der Waals surface area contributed by atoms with Crippen LogP contribution in [0.15, 0.2) is 35.6 Å². The van der Waals surface area contributed by atoms with Crippen molar-refractivity contribution in [2.45, 2.75) is 45.6 Å². The number of amides is 1. The van der Waals surface area contributed by atoms with E-state index < -0.39 is 17.5 Å². The standard InChI is InChI=1S/C33H36ClFN8O4/c1-8-21(45)41-12-13-42-18(14-41)15-47-29-23-30(42)39-33(46)43(28-25(16(2)3)37-32(40(6)7)38-26(28)17(4)5)31(23)36-27(24(29)34)22-19(35)10-9-11-20(22)44/h8-11,16-18,44H,1,12-15H2,2-7H3/t18-/m1/s1. The number of aromatic hydroxyl groups is 1. The average Bonchev–Trinajstić information content (AvgIpc) is 3.19. The third kappa shape index (κ3) is 5.32. The third-order valence-electron chi connectivity index (χ3n) is 8.44. The lowest BCUT2D eigenvalue weighted by molar-refractivity contribution is -0.126. The van der Waals surface area contributed by atoms with Crippen LogP contribution >= 0.6 is 11.6 Å². The molecule has 1 fully saturated rings. The summed E-state index contributed by atoms with van der Waals surface area (Å²) < 4.78 is 23.2. The number of hydrogen-bond donors (Lipinski definition) is 1. The molecule has 1 N–H and O–H groups in total. The van der Waals surface area contributed by atoms with Gasteiger partial charge in [0, 0.05) is 33.7 Å². The molecule has 6 rings (SSSR count). The fraction of sp³-hybridized carbons (Fsp3) is 0.394. The number of carbonyl (C=O) groups is 1. The molecule has 0 bridgehead atoms. The van der Waals surface area contributed by atoms with Crippen LogP contribution in [0.25, 0.3) is 28.0 Å². The van der Waals surface area contributed by atoms with Crippen LogP contribution in [0.2, 0.25) is 5.02 Å². The Bertz CT molecular complexity index is 1950. The van der Waals surface area contributed by atoms with Gasteiger partial charge in [0.25, 0.3) is 0 Å². The van der Waals surface area contributed by atoms with Gasteiger partial charge in [-0.15, -0.1) is 0 Å². The molecular weight excluding hydrogens is 627 g/mol. The number of rotatable bonds is 6. The molecule has 1 saturated heterocycles. The van der Waals surface area contributed by atoms with E-state index in [1.165, 1.54) is 28.8 Å². The third-order valence-corrected chi connectivity index (χ3v) is 8.79. The topological polar surface area (TPSA) is 130 Å². The predicted molar refractivity (Wildman–Crippen MR) is 179 cm³/mol. The molecule has 246 valence electrons. The summed E-state index contributed by atoms with van der Waals surface area (Å²) in [4.78, 5) is 51.5. The van der Waals surface area contributed by atoms with Gasteiger partial charge in [0.1, 0.15) is 40.1 Å². The zero-order chi connectivity index (χ0) is 33.9. The largest absolute Gasteiger partial charge is 0.507 e. The molecular formula is C33H36ClFN8O4. The van der Waals surface area contributed by atoms with Crippen molar-refractivity contribution in [1.82, 2.24) is 29.4 Å². The summed E-state index contributed by atoms with van der Waals surface area (Å²) in [5.41, 5.74) is 0.666. The highest BCUT2D eigenvalue weighted by Gasteiger charge is 2.38. The van der Waals surface area contributed by atoms with Gasteiger partial charge in [-0.3, -0.25) is 4.79 Å². The van der Waals surface area contributed by atoms with E-state index in [2.05, 4.69) is 11.6 Å². The van der Waals surface area contributed by atoms with Crippen LogP contribution in [0.5, 0.6) is 11.5 Å². The van der Waals surface area contributed by atoms with E-state index in [9.17, 15) is 14.7 Å². The molecule has 47 heavy (non-hydrogen) atoms. The summed E-state index contributed by atoms with van der Waals surface area (Å²) in [5, 5.41) is 11.1. The number of phenolic OH excluding ortho intramolecular Hbond substituents is 1. The van der Waals surface area contributed by atoms with E-state index in [4.69, 9.17) is 31.3 Å². The van der Waals surface area contributed by atoms with Gasteiger partial charge in [-0.25, -0.2) is 28.7 Å². The molecule has 2 aliphatic rings. The van der Waals surface area contributed by atoms with Crippen molar-refractivity contribution < 1.29 is 19.0 Å². The van der Waals surface area contributed by atoms with Gasteiger partial charge in [0.05, 0.1) is 28.7 Å². The highest BCUT2D eigenvalue weighted by molar-refractivity contribution is 6.36. The van der Waals surface area contributed by atoms with Crippen molar-refractivity contribution in [1.29, 1.82) is 0 Å². The van der Waals surface area contributed by atoms with Gasteiger partial charge < -0.3 is 24.5 Å². The molecule has 2 aliphatic heterocycles. The minimum atomic E-state index is -0.761. The lowest BCUT2D eigenvalue weighted by Crippen LogP contribution is -2.56. The van der Waals surface area contributed by atoms with E-state index in [0.29, 0.717) is 41.5 Å². The van der Waals surface area contributed by atoms with Crippen molar-refractivity contribution in [3.05, 3.63) is 63.6 Å². The first kappa shape index (κ1) is 32.2. The number of ether oxygens (including phenoxy) is 1. The molecule has 0 unspecified atom stereocenters. The minimum Gasteiger partial charge on any atom is -0.507 e. The molecule has 0 radical (unpaired) electrons. The second kappa shape index (κ2) is 12.1. The number of halogens is 2. The van der Waals surface area contributed by atoms with Crippen LogP contribution in [-0.4, -0.2) is 86.8 Å². The Hall–Kier alpha value is -4.78. The number of aromatic nitrogens is 5. The summed E-state index contributed by atoms with van der Waals surface area (Å²) in [6.45, 7) is 12.5. The number of hydrogen-bond acceptors (Lipinski definition) is 10. The van der Waals surface area contributed by atoms with Crippen molar-refractivity contribution in [2.75, 3.05) is 50.1 Å². The van der Waals surface area contributed by atoms with Crippen LogP contribution < -0.4 is 20.2 Å². The lowest BCUT2D eigenvalue weighted by atomic mass is 10.0. The first-order chi connectivity index (χ1) is 22.3. The van der Waals surface area contributed by atoms with Gasteiger partial charge in [-0.05, 0) is 30.0 Å². The van der Waals surface area contributed by atoms with E-state index in [1.807, 2.05) is 46.7 Å². The van der Waals surface area contributed by atoms with Crippen LogP contribution in [0.3, 0.4) is 0 Å². The molecule has 1 amide bonds. The van der Waals surface area contributed by atoms with Gasteiger partial charge in [-0.2, -0.15) is 4.98 Å². The molecule has 1 aromatic carbocycles. The number of anilines is 2. The minimum absolute atomic E-state index is 0.0580. The van der Waals surface area contributed by atoms with Crippen LogP contribution in [0, 0.1) is 5.82 Å². The molecule has 14 heteroatoms. The summed E-state index contributed by atoms with van der Waals surface area (Å²) in [6.07, 6.45) is 1.26. The first-order valence-corrected chi connectivity index (χ1v) is 15.8. The van der Waals surface area contributed by atoms with E-state index >= 15 is 4.39 Å². The number of pyridine rings is 1. The zero-order valence-corrected chi connectivity index (χ0v) is 27.8. The Labute approximate surface area is 276 Å². The molecule has 0 aliphatic carbocycles. The van der Waals surface area contributed by atoms with Crippen LogP contribution in [0.4, 0.5) is 16.2 Å². The summed E-state index contributed by atoms with van der Waals surface area (Å²) in [6, 6.07) is 3.49. The zero-order valence-electron chi connectivity index (χ0n) is 27.1. The van der Waals surface area contributed by atoms with Gasteiger partial charge in [-0.1, -0.05) is 51.9 Å². The highest BCUT2D eigenvalue weighted by atomic mass is 35.5. The maximum absolute atomic E-state index is 15.4. The fourth-order valence-electron chi connectivity index (χ4n) is 6.14. The Morgan fingerprint density at radius 1 is 1.13 bits per heavy atom. The number of piperazine rings is 1. The number of fused-ring (bicyclic) bond motifs is 2. The first-order valence-electron chi connectivity index (χ1n) is 15.4. The van der Waals surface area contributed by atoms with E-state index in [-0.39, 0.29) is 70.1 Å². The number of carbonyl (C=O) groups excluding carboxylic acids is 1. The predicted octanol–water partition coefficient (Wildman–Crippen LogP) is 4.64. The highest BCUT2D eigenvalue weighted by Crippen LogP contribution is 2.47. The van der Waals surface area contributed by atoms with Crippen LogP contribution in [0.1, 0.15) is 50.9 Å². The quantitative estimate of drug-likeness (QED) is 0.291. The lowest BCUT2D eigenvalue weighted by Gasteiger charge is -2.40. The van der Waals surface area contributed by atoms with E-state index in [0.717, 1.165) is 0 Å². The molecule has 5 heterocycles. The Kier molecular flexibility index (Phi) is 8.29. The number of benzene rings is 1. The van der Waals surface area contributed by atoms with Crippen molar-refractivity contribution in [3.8, 4) is 28.4 Å². The maximum atomic E-state index is 15.4. The van der Waals surface area contributed by atoms with Crippen molar-refractivity contribution >= 4 is 40.3 Å². The summed E-state index contributed by atoms with van der Waals surface area (Å²) in [5.74, 6) is -0.783. The molecule has 12 nitrogen and oxygen atoms in total. The Morgan fingerprint density at radius 3 is 2.40 bits per heavy atom. The second-order valence-electron chi connectivity index (χ2n) is 12.5. The van der Waals surface area contributed by atoms with Gasteiger partial charge >= 0.3 is 5.69 Å². The normalized spacial score (nSPS) is 15.9. The summed E-state index contributed by atoms with van der Waals surface area (Å²) >= 11 is 6.99. The van der Waals surface area contributed by atoms with Crippen molar-refractivity contribution in [2.24, 2.45) is 0 Å². The molecule has 1 atom stereocenters. The smallest absolute Gasteiger partial charge is 0.355 e. The SMILES string of the molecule is C=CC(=O)N1CCN2c3nc(=O)n(-c4c(C(C)C)nc(N(C)C)nc4C(C)C)c4nc(-c5c(O)cccc5F)c(Cl)c(c34)OC[C@H]2C1.